The summed E-state index contributed by atoms with van der Waals surface area (Å²) in [5.74, 6) is -0.284. The number of benzene rings is 1. The Bertz CT molecular complexity index is 760. The molecule has 1 aliphatic carbocycles. The summed E-state index contributed by atoms with van der Waals surface area (Å²) in [5, 5.41) is 2.69. The second-order valence-corrected chi connectivity index (χ2v) is 5.55. The molecule has 0 bridgehead atoms. The number of carbonyl (C=O) groups excluding carboxylic acids is 1. The van der Waals surface area contributed by atoms with E-state index < -0.39 is 5.54 Å². The van der Waals surface area contributed by atoms with Crippen LogP contribution in [0.3, 0.4) is 0 Å². The third-order valence-corrected chi connectivity index (χ3v) is 4.03. The van der Waals surface area contributed by atoms with Gasteiger partial charge >= 0.3 is 0 Å². The molecule has 0 saturated heterocycles. The van der Waals surface area contributed by atoms with Crippen LogP contribution in [0, 0.1) is 6.92 Å². The van der Waals surface area contributed by atoms with E-state index in [1.165, 1.54) is 4.68 Å². The summed E-state index contributed by atoms with van der Waals surface area (Å²) in [4.78, 5) is 24.6. The normalized spacial score (nSPS) is 15.0. The molecule has 1 aromatic carbocycles. The number of nitrogens with zero attached hydrogens (tertiary/aromatic N) is 2. The molecule has 7 heteroatoms. The van der Waals surface area contributed by atoms with E-state index in [-0.39, 0.29) is 23.9 Å². The highest BCUT2D eigenvalue weighted by atomic mass is 35.5. The predicted octanol–water partition coefficient (Wildman–Crippen LogP) is 1.34. The van der Waals surface area contributed by atoms with Crippen LogP contribution < -0.4 is 16.6 Å². The zero-order chi connectivity index (χ0) is 15.2. The topological polar surface area (TPSA) is 82.1 Å². The minimum Gasteiger partial charge on any atom is -0.318 e. The van der Waals surface area contributed by atoms with E-state index in [1.54, 1.807) is 18.7 Å². The Labute approximate surface area is 134 Å². The highest BCUT2D eigenvalue weighted by Gasteiger charge is 2.46. The zero-order valence-corrected chi connectivity index (χ0v) is 13.3. The number of amides is 1. The lowest BCUT2D eigenvalue weighted by Crippen LogP contribution is -2.39. The number of nitrogens with one attached hydrogen (secondary N) is 1. The Morgan fingerprint density at radius 2 is 1.86 bits per heavy atom. The summed E-state index contributed by atoms with van der Waals surface area (Å²) in [7, 11) is 1.79. The maximum Gasteiger partial charge on any atom is 0.295 e. The van der Waals surface area contributed by atoms with Gasteiger partial charge in [0.1, 0.15) is 5.69 Å². The summed E-state index contributed by atoms with van der Waals surface area (Å²) < 4.78 is 3.25. The first kappa shape index (κ1) is 16.3. The van der Waals surface area contributed by atoms with Crippen LogP contribution in [0.4, 0.5) is 5.69 Å². The fourth-order valence-corrected chi connectivity index (χ4v) is 2.31. The standard InChI is InChI=1S/C15H18N4O2.ClH/c1-10-12(17-14(21)15(16)8-9-15)13(20)19(18(10)2)11-6-4-3-5-7-11;/h3-7H,8-9,16H2,1-2H3,(H,17,21);1H. The number of hydrogen-bond donors (Lipinski definition) is 2. The molecule has 0 radical (unpaired) electrons. The van der Waals surface area contributed by atoms with Crippen LogP contribution in [0.2, 0.25) is 0 Å². The first-order valence-electron chi connectivity index (χ1n) is 6.88. The van der Waals surface area contributed by atoms with Crippen molar-refractivity contribution < 1.29 is 4.79 Å². The highest BCUT2D eigenvalue weighted by Crippen LogP contribution is 2.33. The second kappa shape index (κ2) is 5.62. The second-order valence-electron chi connectivity index (χ2n) is 5.55. The number of halogens is 1. The van der Waals surface area contributed by atoms with E-state index in [2.05, 4.69) is 5.32 Å². The first-order valence-corrected chi connectivity index (χ1v) is 6.88. The SMILES string of the molecule is Cc1c(NC(=O)C2(N)CC2)c(=O)n(-c2ccccc2)n1C.Cl. The number of para-hydroxylation sites is 1. The Morgan fingerprint density at radius 3 is 2.41 bits per heavy atom. The Morgan fingerprint density at radius 1 is 1.27 bits per heavy atom. The maximum absolute atomic E-state index is 12.6. The molecule has 3 N–H and O–H groups in total. The molecule has 1 aliphatic rings. The average molecular weight is 323 g/mol. The smallest absolute Gasteiger partial charge is 0.295 e. The van der Waals surface area contributed by atoms with Gasteiger partial charge < -0.3 is 11.1 Å². The lowest BCUT2D eigenvalue weighted by atomic mass is 10.2. The molecule has 118 valence electrons. The zero-order valence-electron chi connectivity index (χ0n) is 12.5. The van der Waals surface area contributed by atoms with Crippen LogP contribution in [-0.4, -0.2) is 20.8 Å². The summed E-state index contributed by atoms with van der Waals surface area (Å²) in [5.41, 5.74) is 6.56. The van der Waals surface area contributed by atoms with Crippen molar-refractivity contribution in [2.45, 2.75) is 25.3 Å². The highest BCUT2D eigenvalue weighted by molar-refractivity contribution is 6.00. The van der Waals surface area contributed by atoms with Gasteiger partial charge in [-0.1, -0.05) is 18.2 Å². The van der Waals surface area contributed by atoms with Gasteiger partial charge in [0, 0.05) is 7.05 Å². The van der Waals surface area contributed by atoms with Crippen LogP contribution in [-0.2, 0) is 11.8 Å². The van der Waals surface area contributed by atoms with E-state index in [4.69, 9.17) is 5.73 Å². The van der Waals surface area contributed by atoms with Gasteiger partial charge in [-0.05, 0) is 31.9 Å². The Balaban J connectivity index is 0.00000176. The molecular weight excluding hydrogens is 304 g/mol. The molecular formula is C15H19ClN4O2. The molecule has 0 atom stereocenters. The molecule has 2 aromatic rings. The summed E-state index contributed by atoms with van der Waals surface area (Å²) in [6.45, 7) is 1.80. The van der Waals surface area contributed by atoms with Crippen molar-refractivity contribution in [2.75, 3.05) is 5.32 Å². The molecule has 22 heavy (non-hydrogen) atoms. The number of nitrogens with two attached hydrogens (primary N) is 1. The predicted molar refractivity (Wildman–Crippen MR) is 87.8 cm³/mol. The summed E-state index contributed by atoms with van der Waals surface area (Å²) >= 11 is 0. The number of anilines is 1. The van der Waals surface area contributed by atoms with Crippen molar-refractivity contribution in [1.29, 1.82) is 0 Å². The van der Waals surface area contributed by atoms with Gasteiger partial charge in [0.05, 0.1) is 16.9 Å². The molecule has 1 saturated carbocycles. The minimum absolute atomic E-state index is 0. The third kappa shape index (κ3) is 2.55. The molecule has 0 aliphatic heterocycles. The van der Waals surface area contributed by atoms with E-state index in [1.807, 2.05) is 30.3 Å². The number of aromatic nitrogens is 2. The van der Waals surface area contributed by atoms with E-state index >= 15 is 0 Å². The van der Waals surface area contributed by atoms with E-state index in [9.17, 15) is 9.59 Å². The fourth-order valence-electron chi connectivity index (χ4n) is 2.31. The third-order valence-electron chi connectivity index (χ3n) is 4.03. The van der Waals surface area contributed by atoms with Crippen molar-refractivity contribution >= 4 is 24.0 Å². The van der Waals surface area contributed by atoms with Crippen LogP contribution in [0.5, 0.6) is 0 Å². The van der Waals surface area contributed by atoms with Gasteiger partial charge in [-0.25, -0.2) is 4.68 Å². The first-order chi connectivity index (χ1) is 9.94. The molecule has 6 nitrogen and oxygen atoms in total. The quantitative estimate of drug-likeness (QED) is 0.894. The van der Waals surface area contributed by atoms with Gasteiger partial charge in [-0.15, -0.1) is 12.4 Å². The van der Waals surface area contributed by atoms with Crippen molar-refractivity contribution in [1.82, 2.24) is 9.36 Å². The number of carbonyl (C=O) groups is 1. The van der Waals surface area contributed by atoms with Gasteiger partial charge in [0.25, 0.3) is 5.56 Å². The largest absolute Gasteiger partial charge is 0.318 e. The molecule has 1 amide bonds. The van der Waals surface area contributed by atoms with E-state index in [0.717, 1.165) is 5.69 Å². The molecule has 0 spiro atoms. The lowest BCUT2D eigenvalue weighted by molar-refractivity contribution is -0.118. The van der Waals surface area contributed by atoms with Gasteiger partial charge in [0.2, 0.25) is 5.91 Å². The monoisotopic (exact) mass is 322 g/mol. The molecule has 0 unspecified atom stereocenters. The number of hydrogen-bond acceptors (Lipinski definition) is 3. The van der Waals surface area contributed by atoms with Crippen molar-refractivity contribution in [3.63, 3.8) is 0 Å². The van der Waals surface area contributed by atoms with Crippen LogP contribution >= 0.6 is 12.4 Å². The Kier molecular flexibility index (Phi) is 4.17. The van der Waals surface area contributed by atoms with Crippen LogP contribution in [0.1, 0.15) is 18.5 Å². The van der Waals surface area contributed by atoms with E-state index in [0.29, 0.717) is 24.2 Å². The Hall–Kier alpha value is -2.05. The van der Waals surface area contributed by atoms with Crippen LogP contribution in [0.15, 0.2) is 35.1 Å². The minimum atomic E-state index is -0.799. The van der Waals surface area contributed by atoms with Crippen LogP contribution in [0.25, 0.3) is 5.69 Å². The summed E-state index contributed by atoms with van der Waals surface area (Å²) in [6.07, 6.45) is 1.33. The van der Waals surface area contributed by atoms with Gasteiger partial charge in [0.15, 0.2) is 0 Å². The molecule has 1 heterocycles. The molecule has 1 aromatic heterocycles. The fraction of sp³-hybridized carbons (Fsp3) is 0.333. The average Bonchev–Trinajstić information content (AvgIpc) is 3.19. The maximum atomic E-state index is 12.6. The van der Waals surface area contributed by atoms with Gasteiger partial charge in [-0.3, -0.25) is 14.3 Å². The lowest BCUT2D eigenvalue weighted by Gasteiger charge is -2.08. The number of rotatable bonds is 3. The van der Waals surface area contributed by atoms with Crippen molar-refractivity contribution in [3.05, 3.63) is 46.4 Å². The molecule has 1 fully saturated rings. The summed E-state index contributed by atoms with van der Waals surface area (Å²) in [6, 6.07) is 9.30. The van der Waals surface area contributed by atoms with Crippen molar-refractivity contribution in [3.8, 4) is 5.69 Å². The van der Waals surface area contributed by atoms with Gasteiger partial charge in [-0.2, -0.15) is 0 Å². The van der Waals surface area contributed by atoms with Crippen molar-refractivity contribution in [2.24, 2.45) is 12.8 Å². The molecule has 3 rings (SSSR count).